The van der Waals surface area contributed by atoms with E-state index in [0.29, 0.717) is 31.8 Å². The van der Waals surface area contributed by atoms with Crippen molar-refractivity contribution in [3.8, 4) is 11.4 Å². The van der Waals surface area contributed by atoms with Gasteiger partial charge in [-0.05, 0) is 36.5 Å². The van der Waals surface area contributed by atoms with E-state index >= 15 is 0 Å². The van der Waals surface area contributed by atoms with Gasteiger partial charge in [-0.3, -0.25) is 9.59 Å². The van der Waals surface area contributed by atoms with E-state index in [0.717, 1.165) is 17.5 Å². The Labute approximate surface area is 193 Å². The molecule has 0 saturated carbocycles. The molecule has 0 atom stereocenters. The molecule has 33 heavy (non-hydrogen) atoms. The first-order valence-electron chi connectivity index (χ1n) is 11.2. The standard InChI is InChI=1S/C26H27N3O4/c1-2-19-8-11-21(12-9-19)25-27-23(33-28-25)18-32-26(31)22-14-16-29(17-15-22)24(30)13-10-20-6-4-3-5-7-20/h3-13,22H,2,14-18H2,1H3. The smallest absolute Gasteiger partial charge is 0.309 e. The number of hydrogen-bond donors (Lipinski definition) is 0. The molecule has 1 aliphatic heterocycles. The Morgan fingerprint density at radius 3 is 2.52 bits per heavy atom. The van der Waals surface area contributed by atoms with Crippen LogP contribution >= 0.6 is 0 Å². The molecule has 2 aromatic carbocycles. The van der Waals surface area contributed by atoms with Crippen molar-refractivity contribution in [3.05, 3.63) is 77.7 Å². The van der Waals surface area contributed by atoms with Crippen molar-refractivity contribution in [1.82, 2.24) is 15.0 Å². The monoisotopic (exact) mass is 445 g/mol. The van der Waals surface area contributed by atoms with Gasteiger partial charge in [0.25, 0.3) is 5.89 Å². The van der Waals surface area contributed by atoms with E-state index in [1.807, 2.05) is 54.6 Å². The van der Waals surface area contributed by atoms with Gasteiger partial charge in [-0.15, -0.1) is 0 Å². The van der Waals surface area contributed by atoms with Gasteiger partial charge < -0.3 is 14.2 Å². The summed E-state index contributed by atoms with van der Waals surface area (Å²) in [7, 11) is 0. The predicted octanol–water partition coefficient (Wildman–Crippen LogP) is 4.29. The fourth-order valence-corrected chi connectivity index (χ4v) is 3.74. The van der Waals surface area contributed by atoms with Gasteiger partial charge in [0.05, 0.1) is 5.92 Å². The summed E-state index contributed by atoms with van der Waals surface area (Å²) in [6, 6.07) is 17.6. The summed E-state index contributed by atoms with van der Waals surface area (Å²) in [6.07, 6.45) is 5.49. The molecule has 4 rings (SSSR count). The lowest BCUT2D eigenvalue weighted by Crippen LogP contribution is -2.39. The average molecular weight is 446 g/mol. The second kappa shape index (κ2) is 10.7. The van der Waals surface area contributed by atoms with E-state index in [-0.39, 0.29) is 30.3 Å². The summed E-state index contributed by atoms with van der Waals surface area (Å²) in [4.78, 5) is 31.0. The van der Waals surface area contributed by atoms with Crippen molar-refractivity contribution < 1.29 is 18.8 Å². The number of ether oxygens (including phenoxy) is 1. The topological polar surface area (TPSA) is 85.5 Å². The number of rotatable bonds is 7. The molecule has 0 spiro atoms. The van der Waals surface area contributed by atoms with Gasteiger partial charge in [0.2, 0.25) is 11.7 Å². The summed E-state index contributed by atoms with van der Waals surface area (Å²) in [5.74, 6) is 0.150. The first-order chi connectivity index (χ1) is 16.1. The highest BCUT2D eigenvalue weighted by Gasteiger charge is 2.28. The number of likely N-dealkylation sites (tertiary alicyclic amines) is 1. The van der Waals surface area contributed by atoms with Crippen LogP contribution < -0.4 is 0 Å². The van der Waals surface area contributed by atoms with Gasteiger partial charge in [-0.25, -0.2) is 0 Å². The minimum Gasteiger partial charge on any atom is -0.455 e. The van der Waals surface area contributed by atoms with Crippen LogP contribution in [-0.4, -0.2) is 40.0 Å². The third kappa shape index (κ3) is 5.94. The van der Waals surface area contributed by atoms with E-state index in [2.05, 4.69) is 17.1 Å². The number of benzene rings is 2. The lowest BCUT2D eigenvalue weighted by molar-refractivity contribution is -0.153. The molecule has 0 unspecified atom stereocenters. The van der Waals surface area contributed by atoms with Crippen molar-refractivity contribution in [1.29, 1.82) is 0 Å². The summed E-state index contributed by atoms with van der Waals surface area (Å²) in [5.41, 5.74) is 3.06. The van der Waals surface area contributed by atoms with Gasteiger partial charge in [0.1, 0.15) is 0 Å². The van der Waals surface area contributed by atoms with Crippen LogP contribution in [-0.2, 0) is 27.4 Å². The Kier molecular flexibility index (Phi) is 7.29. The maximum absolute atomic E-state index is 12.5. The van der Waals surface area contributed by atoms with Crippen LogP contribution in [0.3, 0.4) is 0 Å². The maximum atomic E-state index is 12.5. The Morgan fingerprint density at radius 2 is 1.82 bits per heavy atom. The van der Waals surface area contributed by atoms with Crippen molar-refractivity contribution in [2.45, 2.75) is 32.8 Å². The molecule has 1 saturated heterocycles. The Hall–Kier alpha value is -3.74. The normalized spacial score (nSPS) is 14.5. The third-order valence-electron chi connectivity index (χ3n) is 5.78. The van der Waals surface area contributed by atoms with Gasteiger partial charge in [0.15, 0.2) is 6.61 Å². The Balaban J connectivity index is 1.23. The molecule has 170 valence electrons. The number of carbonyl (C=O) groups is 2. The van der Waals surface area contributed by atoms with E-state index in [9.17, 15) is 9.59 Å². The quantitative estimate of drug-likeness (QED) is 0.398. The second-order valence-corrected chi connectivity index (χ2v) is 8.01. The van der Waals surface area contributed by atoms with Crippen LogP contribution in [0.25, 0.3) is 17.5 Å². The van der Waals surface area contributed by atoms with Crippen LogP contribution in [0.4, 0.5) is 0 Å². The van der Waals surface area contributed by atoms with Crippen LogP contribution in [0.1, 0.15) is 36.8 Å². The fourth-order valence-electron chi connectivity index (χ4n) is 3.74. The van der Waals surface area contributed by atoms with E-state index in [1.54, 1.807) is 17.1 Å². The zero-order chi connectivity index (χ0) is 23.0. The molecule has 1 aromatic heterocycles. The number of nitrogens with zero attached hydrogens (tertiary/aromatic N) is 3. The first kappa shape index (κ1) is 22.5. The lowest BCUT2D eigenvalue weighted by atomic mass is 9.97. The molecule has 0 N–H and O–H groups in total. The highest BCUT2D eigenvalue weighted by Crippen LogP contribution is 2.21. The SMILES string of the molecule is CCc1ccc(-c2noc(COC(=O)C3CCN(C(=O)C=Cc4ccccc4)CC3)n2)cc1. The number of piperidine rings is 1. The highest BCUT2D eigenvalue weighted by atomic mass is 16.6. The van der Waals surface area contributed by atoms with Crippen LogP contribution in [0.2, 0.25) is 0 Å². The van der Waals surface area contributed by atoms with Crippen molar-refractivity contribution in [3.63, 3.8) is 0 Å². The maximum Gasteiger partial charge on any atom is 0.309 e. The van der Waals surface area contributed by atoms with Crippen molar-refractivity contribution >= 4 is 18.0 Å². The molecule has 1 fully saturated rings. The molecule has 0 aliphatic carbocycles. The van der Waals surface area contributed by atoms with Gasteiger partial charge in [-0.2, -0.15) is 4.98 Å². The van der Waals surface area contributed by atoms with Crippen molar-refractivity contribution in [2.75, 3.05) is 13.1 Å². The molecule has 1 aliphatic rings. The largest absolute Gasteiger partial charge is 0.455 e. The van der Waals surface area contributed by atoms with E-state index in [1.165, 1.54) is 5.56 Å². The second-order valence-electron chi connectivity index (χ2n) is 8.01. The molecule has 3 aromatic rings. The number of esters is 1. The average Bonchev–Trinajstić information content (AvgIpc) is 3.35. The van der Waals surface area contributed by atoms with E-state index < -0.39 is 0 Å². The summed E-state index contributed by atoms with van der Waals surface area (Å²) < 4.78 is 10.6. The molecule has 2 heterocycles. The minimum atomic E-state index is -0.297. The third-order valence-corrected chi connectivity index (χ3v) is 5.78. The molecule has 7 heteroatoms. The molecule has 1 amide bonds. The van der Waals surface area contributed by atoms with Gasteiger partial charge in [0, 0.05) is 24.7 Å². The molecular weight excluding hydrogens is 418 g/mol. The Morgan fingerprint density at radius 1 is 1.09 bits per heavy atom. The van der Waals surface area contributed by atoms with Gasteiger partial charge in [-0.1, -0.05) is 66.7 Å². The summed E-state index contributed by atoms with van der Waals surface area (Å²) in [6.45, 7) is 3.09. The number of hydrogen-bond acceptors (Lipinski definition) is 6. The Bertz CT molecular complexity index is 1100. The van der Waals surface area contributed by atoms with Crippen LogP contribution in [0, 0.1) is 5.92 Å². The summed E-state index contributed by atoms with van der Waals surface area (Å²) in [5, 5.41) is 3.97. The number of amides is 1. The summed E-state index contributed by atoms with van der Waals surface area (Å²) >= 11 is 0. The number of aromatic nitrogens is 2. The zero-order valence-electron chi connectivity index (χ0n) is 18.6. The molecule has 7 nitrogen and oxygen atoms in total. The number of aryl methyl sites for hydroxylation is 1. The minimum absolute atomic E-state index is 0.0453. The lowest BCUT2D eigenvalue weighted by Gasteiger charge is -2.30. The zero-order valence-corrected chi connectivity index (χ0v) is 18.6. The molecule has 0 bridgehead atoms. The highest BCUT2D eigenvalue weighted by molar-refractivity contribution is 5.92. The van der Waals surface area contributed by atoms with E-state index in [4.69, 9.17) is 9.26 Å². The molecule has 0 radical (unpaired) electrons. The van der Waals surface area contributed by atoms with Crippen LogP contribution in [0.15, 0.2) is 65.2 Å². The number of carbonyl (C=O) groups excluding carboxylic acids is 2. The van der Waals surface area contributed by atoms with Gasteiger partial charge >= 0.3 is 5.97 Å². The fraction of sp³-hybridized carbons (Fsp3) is 0.308. The van der Waals surface area contributed by atoms with Crippen LogP contribution in [0.5, 0.6) is 0 Å². The van der Waals surface area contributed by atoms with Crippen molar-refractivity contribution in [2.24, 2.45) is 5.92 Å². The predicted molar refractivity (Wildman–Crippen MR) is 124 cm³/mol. The first-order valence-corrected chi connectivity index (χ1v) is 11.2. The molecular formula is C26H27N3O4.